The van der Waals surface area contributed by atoms with E-state index in [-0.39, 0.29) is 23.1 Å². The third kappa shape index (κ3) is 4.34. The highest BCUT2D eigenvalue weighted by Gasteiger charge is 2.71. The number of morpholine rings is 1. The molecule has 5 rings (SSSR count). The van der Waals surface area contributed by atoms with Crippen molar-refractivity contribution in [2.75, 3.05) is 14.1 Å². The van der Waals surface area contributed by atoms with Gasteiger partial charge in [0.05, 0.1) is 23.8 Å². The zero-order valence-electron chi connectivity index (χ0n) is 17.5. The van der Waals surface area contributed by atoms with Crippen molar-refractivity contribution in [1.82, 2.24) is 0 Å². The Labute approximate surface area is 199 Å². The first kappa shape index (κ1) is 24.3. The summed E-state index contributed by atoms with van der Waals surface area (Å²) in [6, 6.07) is 8.01. The van der Waals surface area contributed by atoms with Gasteiger partial charge in [-0.2, -0.15) is 0 Å². The van der Waals surface area contributed by atoms with Crippen molar-refractivity contribution in [3.8, 4) is 0 Å². The largest absolute Gasteiger partial charge is 0.481 e. The van der Waals surface area contributed by atoms with Gasteiger partial charge in [0, 0.05) is 19.8 Å². The van der Waals surface area contributed by atoms with Gasteiger partial charge in [-0.1, -0.05) is 12.1 Å². The minimum absolute atomic E-state index is 0. The summed E-state index contributed by atoms with van der Waals surface area (Å²) in [6.07, 6.45) is 2.05. The van der Waals surface area contributed by atoms with Crippen LogP contribution in [0.25, 0.3) is 0 Å². The number of hydrogen-bond donors (Lipinski definition) is 2. The van der Waals surface area contributed by atoms with Crippen LogP contribution in [0.5, 0.6) is 0 Å². The number of epoxide rings is 1. The van der Waals surface area contributed by atoms with E-state index in [0.717, 1.165) is 24.2 Å². The van der Waals surface area contributed by atoms with E-state index in [9.17, 15) is 9.90 Å². The Morgan fingerprint density at radius 3 is 1.94 bits per heavy atom. The van der Waals surface area contributed by atoms with Gasteiger partial charge < -0.3 is 24.2 Å². The van der Waals surface area contributed by atoms with Gasteiger partial charge in [0.1, 0.15) is 30.4 Å². The number of carboxylic acid groups (broad SMARTS) is 1. The highest BCUT2D eigenvalue weighted by Crippen LogP contribution is 2.52. The van der Waals surface area contributed by atoms with Crippen LogP contribution in [0.3, 0.4) is 0 Å². The fourth-order valence-electron chi connectivity index (χ4n) is 4.83. The van der Waals surface area contributed by atoms with Crippen LogP contribution in [0.4, 0.5) is 0 Å². The van der Waals surface area contributed by atoms with E-state index in [4.69, 9.17) is 19.4 Å². The molecule has 3 aliphatic rings. The minimum Gasteiger partial charge on any atom is -0.481 e. The fourth-order valence-corrected chi connectivity index (χ4v) is 6.54. The van der Waals surface area contributed by atoms with Gasteiger partial charge in [-0.3, -0.25) is 4.79 Å². The molecule has 3 fully saturated rings. The molecule has 0 saturated carbocycles. The molecule has 7 nitrogen and oxygen atoms in total. The van der Waals surface area contributed by atoms with E-state index in [2.05, 4.69) is 14.1 Å². The maximum absolute atomic E-state index is 13.1. The fraction of sp³-hybridized carbons (Fsp3) is 0.524. The number of rotatable bonds is 4. The summed E-state index contributed by atoms with van der Waals surface area (Å²) in [5.41, 5.74) is -1.72. The molecule has 0 aliphatic carbocycles. The molecule has 1 unspecified atom stereocenters. The summed E-state index contributed by atoms with van der Waals surface area (Å²) in [5.74, 6) is -1.39. The van der Waals surface area contributed by atoms with Gasteiger partial charge >= 0.3 is 5.97 Å². The smallest absolute Gasteiger partial charge is 0.349 e. The molecule has 2 aromatic heterocycles. The van der Waals surface area contributed by atoms with Crippen molar-refractivity contribution in [3.05, 3.63) is 44.8 Å². The molecule has 3 saturated heterocycles. The lowest BCUT2D eigenvalue weighted by Gasteiger charge is -2.45. The summed E-state index contributed by atoms with van der Waals surface area (Å²) in [7, 11) is 4.49. The number of esters is 1. The van der Waals surface area contributed by atoms with Gasteiger partial charge in [0.25, 0.3) is 5.97 Å². The summed E-state index contributed by atoms with van der Waals surface area (Å²) in [5, 5.41) is 22.5. The van der Waals surface area contributed by atoms with Crippen LogP contribution in [0.2, 0.25) is 0 Å². The third-order valence-corrected chi connectivity index (χ3v) is 8.32. The molecule has 2 bridgehead atoms. The molecule has 0 spiro atoms. The Morgan fingerprint density at radius 1 is 1.10 bits per heavy atom. The van der Waals surface area contributed by atoms with Gasteiger partial charge in [0.2, 0.25) is 5.60 Å². The van der Waals surface area contributed by atoms with E-state index < -0.39 is 17.5 Å². The van der Waals surface area contributed by atoms with Crippen molar-refractivity contribution >= 4 is 51.6 Å². The van der Waals surface area contributed by atoms with E-state index >= 15 is 0 Å². The molecule has 10 heteroatoms. The minimum atomic E-state index is -1.72. The average molecular weight is 533 g/mol. The number of piperidine rings is 1. The second-order valence-corrected chi connectivity index (χ2v) is 10.4. The highest BCUT2D eigenvalue weighted by atomic mass is 79.9. The Bertz CT molecular complexity index is 858. The normalized spacial score (nSPS) is 29.6. The SMILES string of the molecule is Br.CC(=O)O.C[N+]1(C)[C@@H]2CC(OC(=O)C(O)(c3cccs3)c3cccs3)C[C@H]1[C@@H]1O[C@@H]12. The van der Waals surface area contributed by atoms with E-state index in [1.54, 1.807) is 12.1 Å². The number of thiophene rings is 2. The number of quaternary nitrogens is 1. The highest BCUT2D eigenvalue weighted by molar-refractivity contribution is 8.93. The van der Waals surface area contributed by atoms with Crippen LogP contribution < -0.4 is 0 Å². The maximum atomic E-state index is 13.1. The van der Waals surface area contributed by atoms with E-state index in [0.29, 0.717) is 34.0 Å². The standard InChI is InChI=1S/C19H22NO4S2.C2H4O2.BrH/c1-20(2)12-9-11(10-13(20)17-16(12)24-17)23-18(21)19(22,14-5-3-7-25-14)15-6-4-8-26-15;1-2(3)4;/h3-8,11-13,16-17,22H,9-10H2,1-2H3;1H3,(H,3,4);1H/q+1;;/t11?,12-,13+,16-,17+;;. The number of aliphatic hydroxyl groups is 1. The number of halogens is 1. The van der Waals surface area contributed by atoms with Gasteiger partial charge in [-0.25, -0.2) is 4.79 Å². The number of nitrogens with zero attached hydrogens (tertiary/aromatic N) is 1. The lowest BCUT2D eigenvalue weighted by molar-refractivity contribution is -0.938. The lowest BCUT2D eigenvalue weighted by atomic mass is 9.95. The molecule has 0 aromatic carbocycles. The Hall–Kier alpha value is -1.30. The Kier molecular flexibility index (Phi) is 7.00. The second-order valence-electron chi connectivity index (χ2n) is 8.51. The zero-order chi connectivity index (χ0) is 21.7. The van der Waals surface area contributed by atoms with Crippen LogP contribution in [-0.4, -0.2) is 71.1 Å². The predicted octanol–water partition coefficient (Wildman–Crippen LogP) is 3.01. The molecule has 0 radical (unpaired) electrons. The topological polar surface area (TPSA) is 96.4 Å². The van der Waals surface area contributed by atoms with Crippen LogP contribution in [-0.2, 0) is 24.7 Å². The van der Waals surface area contributed by atoms with E-state index in [1.807, 2.05) is 22.9 Å². The molecular weight excluding hydrogens is 506 g/mol. The van der Waals surface area contributed by atoms with Gasteiger partial charge in [-0.15, -0.1) is 39.7 Å². The van der Waals surface area contributed by atoms with E-state index in [1.165, 1.54) is 22.7 Å². The second kappa shape index (κ2) is 8.92. The Morgan fingerprint density at radius 2 is 1.55 bits per heavy atom. The molecule has 5 atom stereocenters. The number of carbonyl (C=O) groups is 2. The van der Waals surface area contributed by atoms with Gasteiger partial charge in [-0.05, 0) is 22.9 Å². The molecule has 2 aromatic rings. The zero-order valence-corrected chi connectivity index (χ0v) is 20.8. The van der Waals surface area contributed by atoms with Crippen molar-refractivity contribution in [2.45, 2.75) is 55.8 Å². The monoisotopic (exact) mass is 532 g/mol. The lowest BCUT2D eigenvalue weighted by Crippen LogP contribution is -2.60. The number of ether oxygens (including phenoxy) is 2. The average Bonchev–Trinajstić information content (AvgIpc) is 3.02. The quantitative estimate of drug-likeness (QED) is 0.357. The van der Waals surface area contributed by atoms with Gasteiger partial charge in [0.15, 0.2) is 0 Å². The molecule has 170 valence electrons. The van der Waals surface area contributed by atoms with Crippen molar-refractivity contribution in [3.63, 3.8) is 0 Å². The maximum Gasteiger partial charge on any atom is 0.349 e. The predicted molar refractivity (Wildman–Crippen MR) is 123 cm³/mol. The van der Waals surface area contributed by atoms with Crippen LogP contribution in [0.1, 0.15) is 29.5 Å². The van der Waals surface area contributed by atoms with Crippen LogP contribution >= 0.6 is 39.7 Å². The molecular formula is C21H27BrNO6S2+. The number of likely N-dealkylation sites (N-methyl/N-ethyl adjacent to an activating group) is 1. The van der Waals surface area contributed by atoms with Crippen molar-refractivity contribution in [1.29, 1.82) is 0 Å². The van der Waals surface area contributed by atoms with Crippen LogP contribution in [0, 0.1) is 0 Å². The van der Waals surface area contributed by atoms with Crippen molar-refractivity contribution in [2.24, 2.45) is 0 Å². The summed E-state index contributed by atoms with van der Waals surface area (Å²) < 4.78 is 12.6. The number of aliphatic carboxylic acids is 1. The van der Waals surface area contributed by atoms with Crippen molar-refractivity contribution < 1.29 is 33.8 Å². The first-order valence-corrected chi connectivity index (χ1v) is 11.6. The summed E-state index contributed by atoms with van der Waals surface area (Å²) in [4.78, 5) is 23.3. The molecule has 31 heavy (non-hydrogen) atoms. The summed E-state index contributed by atoms with van der Waals surface area (Å²) >= 11 is 2.74. The first-order chi connectivity index (χ1) is 14.2. The molecule has 0 amide bonds. The number of carbonyl (C=O) groups excluding carboxylic acids is 1. The third-order valence-electron chi connectivity index (χ3n) is 6.36. The molecule has 5 heterocycles. The first-order valence-electron chi connectivity index (χ1n) is 9.85. The summed E-state index contributed by atoms with van der Waals surface area (Å²) in [6.45, 7) is 1.08. The number of fused-ring (bicyclic) bond motifs is 5. The number of carboxylic acids is 1. The Balaban J connectivity index is 0.000000504. The molecule has 2 N–H and O–H groups in total. The number of hydrogen-bond acceptors (Lipinski definition) is 7. The van der Waals surface area contributed by atoms with Crippen LogP contribution in [0.15, 0.2) is 35.0 Å². The molecule has 3 aliphatic heterocycles.